The Kier molecular flexibility index (Phi) is 4.52. The lowest BCUT2D eigenvalue weighted by Gasteiger charge is -2.07. The highest BCUT2D eigenvalue weighted by atomic mass is 16.2. The fraction of sp³-hybridized carbons (Fsp3) is 0.429. The molecule has 0 radical (unpaired) electrons. The van der Waals surface area contributed by atoms with Crippen LogP contribution in [0, 0.1) is 0 Å². The molecule has 0 heterocycles. The van der Waals surface area contributed by atoms with Crippen molar-refractivity contribution in [2.45, 2.75) is 25.3 Å². The molecule has 1 aliphatic rings. The average molecular weight is 261 g/mol. The standard InChI is InChI=1S/C14H19N3O2/c15-7-6-10-2-1-3-11(8-10)14(19)16-9-13(18)17-12-4-5-12/h1-3,8,12H,4-7,9,15H2,(H,16,19)(H,17,18). The lowest BCUT2D eigenvalue weighted by atomic mass is 10.1. The fourth-order valence-electron chi connectivity index (χ4n) is 1.80. The van der Waals surface area contributed by atoms with Crippen LogP contribution in [0.3, 0.4) is 0 Å². The highest BCUT2D eigenvalue weighted by Crippen LogP contribution is 2.18. The Bertz CT molecular complexity index is 470. The Morgan fingerprint density at radius 3 is 2.79 bits per heavy atom. The Morgan fingerprint density at radius 2 is 2.11 bits per heavy atom. The SMILES string of the molecule is NCCc1cccc(C(=O)NCC(=O)NC2CC2)c1. The predicted molar refractivity (Wildman–Crippen MR) is 72.7 cm³/mol. The minimum Gasteiger partial charge on any atom is -0.352 e. The summed E-state index contributed by atoms with van der Waals surface area (Å²) >= 11 is 0. The minimum absolute atomic E-state index is 0.0243. The van der Waals surface area contributed by atoms with Gasteiger partial charge >= 0.3 is 0 Å². The zero-order valence-corrected chi connectivity index (χ0v) is 10.8. The second kappa shape index (κ2) is 6.33. The summed E-state index contributed by atoms with van der Waals surface area (Å²) in [6.07, 6.45) is 2.82. The maximum absolute atomic E-state index is 11.9. The summed E-state index contributed by atoms with van der Waals surface area (Å²) in [6, 6.07) is 7.61. The topological polar surface area (TPSA) is 84.2 Å². The average Bonchev–Trinajstić information content (AvgIpc) is 3.20. The Labute approximate surface area is 112 Å². The number of benzene rings is 1. The lowest BCUT2D eigenvalue weighted by molar-refractivity contribution is -0.120. The van der Waals surface area contributed by atoms with E-state index in [1.807, 2.05) is 12.1 Å². The summed E-state index contributed by atoms with van der Waals surface area (Å²) in [7, 11) is 0. The van der Waals surface area contributed by atoms with E-state index in [9.17, 15) is 9.59 Å². The molecule has 1 aliphatic carbocycles. The largest absolute Gasteiger partial charge is 0.352 e. The molecule has 19 heavy (non-hydrogen) atoms. The van der Waals surface area contributed by atoms with Gasteiger partial charge in [0.05, 0.1) is 6.54 Å². The molecule has 1 fully saturated rings. The molecule has 0 atom stereocenters. The number of hydrogen-bond donors (Lipinski definition) is 3. The Hall–Kier alpha value is -1.88. The lowest BCUT2D eigenvalue weighted by Crippen LogP contribution is -2.37. The van der Waals surface area contributed by atoms with Crippen LogP contribution < -0.4 is 16.4 Å². The van der Waals surface area contributed by atoms with Crippen LogP contribution in [0.1, 0.15) is 28.8 Å². The third kappa shape index (κ3) is 4.37. The summed E-state index contributed by atoms with van der Waals surface area (Å²) in [4.78, 5) is 23.3. The molecular formula is C14H19N3O2. The molecule has 2 rings (SSSR count). The van der Waals surface area contributed by atoms with E-state index in [4.69, 9.17) is 5.73 Å². The van der Waals surface area contributed by atoms with Gasteiger partial charge in [0.1, 0.15) is 0 Å². The fourth-order valence-corrected chi connectivity index (χ4v) is 1.80. The Morgan fingerprint density at radius 1 is 1.32 bits per heavy atom. The van der Waals surface area contributed by atoms with E-state index in [2.05, 4.69) is 10.6 Å². The van der Waals surface area contributed by atoms with Crippen LogP contribution >= 0.6 is 0 Å². The first-order chi connectivity index (χ1) is 9.19. The van der Waals surface area contributed by atoms with Crippen molar-refractivity contribution in [1.82, 2.24) is 10.6 Å². The van der Waals surface area contributed by atoms with E-state index in [-0.39, 0.29) is 18.4 Å². The molecule has 0 unspecified atom stereocenters. The van der Waals surface area contributed by atoms with Gasteiger partial charge in [0.25, 0.3) is 5.91 Å². The van der Waals surface area contributed by atoms with Crippen LogP contribution in [0.5, 0.6) is 0 Å². The second-order valence-electron chi connectivity index (χ2n) is 4.76. The number of carbonyl (C=O) groups is 2. The first-order valence-corrected chi connectivity index (χ1v) is 6.55. The molecule has 2 amide bonds. The van der Waals surface area contributed by atoms with E-state index < -0.39 is 0 Å². The maximum Gasteiger partial charge on any atom is 0.251 e. The highest BCUT2D eigenvalue weighted by Gasteiger charge is 2.23. The van der Waals surface area contributed by atoms with Crippen molar-refractivity contribution in [3.63, 3.8) is 0 Å². The third-order valence-corrected chi connectivity index (χ3v) is 2.97. The van der Waals surface area contributed by atoms with Crippen molar-refractivity contribution in [3.05, 3.63) is 35.4 Å². The van der Waals surface area contributed by atoms with Gasteiger partial charge in [-0.25, -0.2) is 0 Å². The molecule has 1 aromatic carbocycles. The van der Waals surface area contributed by atoms with Gasteiger partial charge in [-0.05, 0) is 43.5 Å². The van der Waals surface area contributed by atoms with Crippen molar-refractivity contribution in [2.75, 3.05) is 13.1 Å². The summed E-state index contributed by atoms with van der Waals surface area (Å²) in [5.74, 6) is -0.362. The molecule has 102 valence electrons. The van der Waals surface area contributed by atoms with E-state index in [0.29, 0.717) is 18.2 Å². The van der Waals surface area contributed by atoms with E-state index in [1.165, 1.54) is 0 Å². The smallest absolute Gasteiger partial charge is 0.251 e. The first kappa shape index (κ1) is 13.5. The van der Waals surface area contributed by atoms with Gasteiger partial charge in [-0.3, -0.25) is 9.59 Å². The summed E-state index contributed by atoms with van der Waals surface area (Å²) in [6.45, 7) is 0.575. The van der Waals surface area contributed by atoms with Gasteiger partial charge < -0.3 is 16.4 Å². The van der Waals surface area contributed by atoms with E-state index >= 15 is 0 Å². The van der Waals surface area contributed by atoms with Crippen LogP contribution in [-0.4, -0.2) is 30.9 Å². The zero-order chi connectivity index (χ0) is 13.7. The quantitative estimate of drug-likeness (QED) is 0.684. The number of amides is 2. The van der Waals surface area contributed by atoms with E-state index in [0.717, 1.165) is 24.8 Å². The highest BCUT2D eigenvalue weighted by molar-refractivity contribution is 5.96. The molecule has 0 saturated heterocycles. The van der Waals surface area contributed by atoms with Gasteiger partial charge in [-0.1, -0.05) is 12.1 Å². The molecule has 0 aliphatic heterocycles. The number of nitrogens with two attached hydrogens (primary N) is 1. The van der Waals surface area contributed by atoms with Crippen molar-refractivity contribution in [3.8, 4) is 0 Å². The Balaban J connectivity index is 1.84. The molecule has 4 N–H and O–H groups in total. The number of rotatable bonds is 6. The molecule has 0 bridgehead atoms. The summed E-state index contributed by atoms with van der Waals surface area (Å²) in [5, 5.41) is 5.44. The number of nitrogens with one attached hydrogen (secondary N) is 2. The molecule has 5 nitrogen and oxygen atoms in total. The van der Waals surface area contributed by atoms with E-state index in [1.54, 1.807) is 12.1 Å². The molecule has 0 aromatic heterocycles. The molecule has 5 heteroatoms. The summed E-state index contributed by atoms with van der Waals surface area (Å²) < 4.78 is 0. The predicted octanol–water partition coefficient (Wildman–Crippen LogP) is 0.196. The van der Waals surface area contributed by atoms with Crippen LogP contribution in [-0.2, 0) is 11.2 Å². The molecular weight excluding hydrogens is 242 g/mol. The third-order valence-electron chi connectivity index (χ3n) is 2.97. The first-order valence-electron chi connectivity index (χ1n) is 6.55. The van der Waals surface area contributed by atoms with Crippen molar-refractivity contribution in [1.29, 1.82) is 0 Å². The molecule has 1 saturated carbocycles. The maximum atomic E-state index is 11.9. The monoisotopic (exact) mass is 261 g/mol. The van der Waals surface area contributed by atoms with Gasteiger partial charge in [0.15, 0.2) is 0 Å². The number of carbonyl (C=O) groups excluding carboxylic acids is 2. The second-order valence-corrected chi connectivity index (χ2v) is 4.76. The van der Waals surface area contributed by atoms with Crippen molar-refractivity contribution < 1.29 is 9.59 Å². The van der Waals surface area contributed by atoms with Crippen LogP contribution in [0.15, 0.2) is 24.3 Å². The minimum atomic E-state index is -0.232. The number of hydrogen-bond acceptors (Lipinski definition) is 3. The van der Waals surface area contributed by atoms with Crippen LogP contribution in [0.4, 0.5) is 0 Å². The van der Waals surface area contributed by atoms with Gasteiger partial charge in [-0.15, -0.1) is 0 Å². The summed E-state index contributed by atoms with van der Waals surface area (Å²) in [5.41, 5.74) is 7.07. The molecule has 0 spiro atoms. The van der Waals surface area contributed by atoms with Crippen LogP contribution in [0.2, 0.25) is 0 Å². The van der Waals surface area contributed by atoms with Crippen molar-refractivity contribution >= 4 is 11.8 Å². The van der Waals surface area contributed by atoms with Gasteiger partial charge in [0.2, 0.25) is 5.91 Å². The van der Waals surface area contributed by atoms with Crippen LogP contribution in [0.25, 0.3) is 0 Å². The van der Waals surface area contributed by atoms with Gasteiger partial charge in [-0.2, -0.15) is 0 Å². The van der Waals surface area contributed by atoms with Gasteiger partial charge in [0, 0.05) is 11.6 Å². The van der Waals surface area contributed by atoms with Crippen molar-refractivity contribution in [2.24, 2.45) is 5.73 Å². The molecule has 1 aromatic rings. The zero-order valence-electron chi connectivity index (χ0n) is 10.8. The normalized spacial score (nSPS) is 13.9.